The summed E-state index contributed by atoms with van der Waals surface area (Å²) < 4.78 is 0. The van der Waals surface area contributed by atoms with Crippen LogP contribution in [0.1, 0.15) is 20.3 Å². The molecule has 0 unspecified atom stereocenters. The molecule has 0 amide bonds. The number of rotatable bonds is 8. The Morgan fingerprint density at radius 2 is 1.62 bits per heavy atom. The van der Waals surface area contributed by atoms with Gasteiger partial charge in [-0.05, 0) is 26.8 Å². The zero-order valence-electron chi connectivity index (χ0n) is 8.64. The van der Waals surface area contributed by atoms with Crippen LogP contribution in [0.15, 0.2) is 0 Å². The second-order valence-corrected chi connectivity index (χ2v) is 3.76. The quantitative estimate of drug-likeness (QED) is 0.383. The summed E-state index contributed by atoms with van der Waals surface area (Å²) in [6.07, 6.45) is 0.979. The molecule has 0 spiro atoms. The lowest BCUT2D eigenvalue weighted by atomic mass is 10.0. The largest absolute Gasteiger partial charge is 0.395 e. The predicted octanol–water partition coefficient (Wildman–Crippen LogP) is -0.681. The van der Waals surface area contributed by atoms with E-state index < -0.39 is 0 Å². The molecule has 4 nitrogen and oxygen atoms in total. The second-order valence-electron chi connectivity index (χ2n) is 3.76. The monoisotopic (exact) mass is 190 g/mol. The van der Waals surface area contributed by atoms with Crippen LogP contribution in [0.2, 0.25) is 0 Å². The van der Waals surface area contributed by atoms with Crippen LogP contribution >= 0.6 is 0 Å². The number of aliphatic hydroxyl groups excluding tert-OH is 2. The van der Waals surface area contributed by atoms with Crippen molar-refractivity contribution in [3.05, 3.63) is 0 Å². The molecule has 0 atom stereocenters. The molecule has 0 radical (unpaired) electrons. The van der Waals surface area contributed by atoms with Crippen molar-refractivity contribution in [3.8, 4) is 0 Å². The van der Waals surface area contributed by atoms with Crippen LogP contribution in [-0.4, -0.2) is 48.6 Å². The normalized spacial score (nSPS) is 12.0. The minimum absolute atomic E-state index is 0.0468. The van der Waals surface area contributed by atoms with Crippen molar-refractivity contribution in [2.45, 2.75) is 25.8 Å². The van der Waals surface area contributed by atoms with Gasteiger partial charge in [0.05, 0.1) is 13.2 Å². The van der Waals surface area contributed by atoms with E-state index in [0.717, 1.165) is 13.0 Å². The summed E-state index contributed by atoms with van der Waals surface area (Å²) in [4.78, 5) is 0. The molecule has 0 fully saturated rings. The van der Waals surface area contributed by atoms with Crippen LogP contribution in [0, 0.1) is 0 Å². The number of aliphatic hydroxyl groups is 2. The molecule has 0 rings (SSSR count). The topological polar surface area (TPSA) is 64.5 Å². The third kappa shape index (κ3) is 8.18. The van der Waals surface area contributed by atoms with E-state index in [1.807, 2.05) is 0 Å². The maximum absolute atomic E-state index is 8.63. The number of hydrogen-bond donors (Lipinski definition) is 4. The maximum Gasteiger partial charge on any atom is 0.0556 e. The molecule has 0 heterocycles. The van der Waals surface area contributed by atoms with Crippen molar-refractivity contribution < 1.29 is 10.2 Å². The molecule has 4 heteroatoms. The molecule has 0 aromatic rings. The Labute approximate surface area is 80.3 Å². The minimum Gasteiger partial charge on any atom is -0.395 e. The highest BCUT2D eigenvalue weighted by Gasteiger charge is 2.14. The highest BCUT2D eigenvalue weighted by molar-refractivity contribution is 4.77. The van der Waals surface area contributed by atoms with E-state index in [2.05, 4.69) is 24.5 Å². The molecule has 0 bridgehead atoms. The smallest absolute Gasteiger partial charge is 0.0556 e. The first kappa shape index (κ1) is 12.8. The second kappa shape index (κ2) is 7.26. The van der Waals surface area contributed by atoms with Crippen LogP contribution in [0.3, 0.4) is 0 Å². The Bertz CT molecular complexity index is 118. The first-order valence-electron chi connectivity index (χ1n) is 4.80. The number of β-amino-alcohol motifs (C(OH)–C–C–N with tert-alkyl or cyclic N) is 1. The molecular weight excluding hydrogens is 168 g/mol. The van der Waals surface area contributed by atoms with Gasteiger partial charge in [-0.2, -0.15) is 0 Å². The maximum atomic E-state index is 8.63. The summed E-state index contributed by atoms with van der Waals surface area (Å²) in [5, 5.41) is 23.5. The van der Waals surface area contributed by atoms with Crippen LogP contribution in [-0.2, 0) is 0 Å². The molecule has 80 valence electrons. The Morgan fingerprint density at radius 1 is 1.00 bits per heavy atom. The van der Waals surface area contributed by atoms with Crippen molar-refractivity contribution in [2.75, 3.05) is 32.8 Å². The van der Waals surface area contributed by atoms with Crippen molar-refractivity contribution >= 4 is 0 Å². The first-order valence-corrected chi connectivity index (χ1v) is 4.80. The lowest BCUT2D eigenvalue weighted by Gasteiger charge is -2.26. The third-order valence-electron chi connectivity index (χ3n) is 1.93. The van der Waals surface area contributed by atoms with Gasteiger partial charge in [0.15, 0.2) is 0 Å². The summed E-state index contributed by atoms with van der Waals surface area (Å²) in [6, 6.07) is 0. The summed E-state index contributed by atoms with van der Waals surface area (Å²) in [7, 11) is 0. The van der Waals surface area contributed by atoms with Crippen molar-refractivity contribution in [3.63, 3.8) is 0 Å². The Hall–Kier alpha value is -0.160. The summed E-state index contributed by atoms with van der Waals surface area (Å²) in [5.41, 5.74) is 0.0468. The van der Waals surface area contributed by atoms with Gasteiger partial charge < -0.3 is 20.8 Å². The van der Waals surface area contributed by atoms with Crippen molar-refractivity contribution in [1.29, 1.82) is 0 Å². The molecule has 0 aromatic heterocycles. The Balaban J connectivity index is 3.39. The number of hydrogen-bond acceptors (Lipinski definition) is 4. The predicted molar refractivity (Wildman–Crippen MR) is 53.7 cm³/mol. The molecule has 0 aromatic carbocycles. The molecule has 0 saturated heterocycles. The molecular formula is C9H22N2O2. The van der Waals surface area contributed by atoms with E-state index in [0.29, 0.717) is 13.1 Å². The highest BCUT2D eigenvalue weighted by atomic mass is 16.3. The zero-order chi connectivity index (χ0) is 10.2. The van der Waals surface area contributed by atoms with E-state index in [1.165, 1.54) is 0 Å². The zero-order valence-corrected chi connectivity index (χ0v) is 8.64. The lowest BCUT2D eigenvalue weighted by Crippen LogP contribution is -2.43. The molecule has 13 heavy (non-hydrogen) atoms. The van der Waals surface area contributed by atoms with Crippen LogP contribution in [0.5, 0.6) is 0 Å². The van der Waals surface area contributed by atoms with Gasteiger partial charge in [-0.25, -0.2) is 0 Å². The Kier molecular flexibility index (Phi) is 7.17. The summed E-state index contributed by atoms with van der Waals surface area (Å²) in [6.45, 7) is 6.72. The van der Waals surface area contributed by atoms with Crippen LogP contribution in [0.4, 0.5) is 0 Å². The Morgan fingerprint density at radius 3 is 2.15 bits per heavy atom. The first-order chi connectivity index (χ1) is 6.12. The van der Waals surface area contributed by atoms with Crippen molar-refractivity contribution in [2.24, 2.45) is 0 Å². The van der Waals surface area contributed by atoms with Gasteiger partial charge in [0.25, 0.3) is 0 Å². The minimum atomic E-state index is 0.0468. The average molecular weight is 190 g/mol. The fraction of sp³-hybridized carbons (Fsp3) is 1.00. The van der Waals surface area contributed by atoms with Crippen LogP contribution < -0.4 is 10.6 Å². The molecule has 0 aliphatic carbocycles. The van der Waals surface area contributed by atoms with E-state index in [9.17, 15) is 0 Å². The summed E-state index contributed by atoms with van der Waals surface area (Å²) >= 11 is 0. The fourth-order valence-corrected chi connectivity index (χ4v) is 1.09. The van der Waals surface area contributed by atoms with Gasteiger partial charge in [-0.15, -0.1) is 0 Å². The van der Waals surface area contributed by atoms with Crippen LogP contribution in [0.25, 0.3) is 0 Å². The van der Waals surface area contributed by atoms with Gasteiger partial charge in [0.1, 0.15) is 0 Å². The van der Waals surface area contributed by atoms with Gasteiger partial charge in [0, 0.05) is 18.6 Å². The molecule has 4 N–H and O–H groups in total. The highest BCUT2D eigenvalue weighted by Crippen LogP contribution is 2.05. The standard InChI is InChI=1S/C9H22N2O2/c1-9(2,11-6-8-13)3-4-10-5-7-12/h10-13H,3-8H2,1-2H3. The number of nitrogens with one attached hydrogen (secondary N) is 2. The average Bonchev–Trinajstić information content (AvgIpc) is 2.09. The van der Waals surface area contributed by atoms with E-state index >= 15 is 0 Å². The van der Waals surface area contributed by atoms with Gasteiger partial charge in [0.2, 0.25) is 0 Å². The third-order valence-corrected chi connectivity index (χ3v) is 1.93. The molecule has 0 aliphatic heterocycles. The van der Waals surface area contributed by atoms with Gasteiger partial charge in [-0.1, -0.05) is 0 Å². The van der Waals surface area contributed by atoms with E-state index in [4.69, 9.17) is 10.2 Å². The van der Waals surface area contributed by atoms with Crippen molar-refractivity contribution in [1.82, 2.24) is 10.6 Å². The summed E-state index contributed by atoms with van der Waals surface area (Å²) in [5.74, 6) is 0. The van der Waals surface area contributed by atoms with E-state index in [1.54, 1.807) is 0 Å². The molecule has 0 aliphatic rings. The van der Waals surface area contributed by atoms with Gasteiger partial charge >= 0.3 is 0 Å². The lowest BCUT2D eigenvalue weighted by molar-refractivity contribution is 0.256. The SMILES string of the molecule is CC(C)(CCNCCO)NCCO. The van der Waals surface area contributed by atoms with Gasteiger partial charge in [-0.3, -0.25) is 0 Å². The van der Waals surface area contributed by atoms with E-state index in [-0.39, 0.29) is 18.8 Å². The fourth-order valence-electron chi connectivity index (χ4n) is 1.09. The molecule has 0 saturated carbocycles.